The van der Waals surface area contributed by atoms with Crippen molar-refractivity contribution in [1.29, 1.82) is 0 Å². The third kappa shape index (κ3) is 4.66. The number of amidine groups is 1. The molecule has 0 bridgehead atoms. The Labute approximate surface area is 172 Å². The number of anilines is 1. The minimum absolute atomic E-state index is 0.105. The summed E-state index contributed by atoms with van der Waals surface area (Å²) in [7, 11) is 3.25. The van der Waals surface area contributed by atoms with E-state index in [-0.39, 0.29) is 18.2 Å². The normalized spacial score (nSPS) is 18.3. The molecule has 28 heavy (non-hydrogen) atoms. The number of ether oxygens (including phenoxy) is 1. The van der Waals surface area contributed by atoms with Gasteiger partial charge in [0.25, 0.3) is 0 Å². The van der Waals surface area contributed by atoms with Gasteiger partial charge in [0, 0.05) is 24.2 Å². The monoisotopic (exact) mass is 417 g/mol. The molecule has 3 rings (SSSR count). The van der Waals surface area contributed by atoms with E-state index < -0.39 is 5.25 Å². The molecular weight excluding hydrogens is 398 g/mol. The van der Waals surface area contributed by atoms with E-state index in [2.05, 4.69) is 10.3 Å². The molecule has 146 valence electrons. The molecule has 1 aliphatic heterocycles. The molecule has 8 heteroatoms. The highest BCUT2D eigenvalue weighted by atomic mass is 35.5. The van der Waals surface area contributed by atoms with Crippen molar-refractivity contribution in [2.75, 3.05) is 19.5 Å². The van der Waals surface area contributed by atoms with Crippen molar-refractivity contribution < 1.29 is 14.3 Å². The maximum Gasteiger partial charge on any atom is 0.238 e. The largest absolute Gasteiger partial charge is 0.497 e. The number of benzene rings is 2. The molecule has 0 aliphatic carbocycles. The zero-order valence-electron chi connectivity index (χ0n) is 15.7. The number of halogens is 1. The summed E-state index contributed by atoms with van der Waals surface area (Å²) in [6.45, 7) is 1.89. The van der Waals surface area contributed by atoms with E-state index >= 15 is 0 Å². The second-order valence-corrected chi connectivity index (χ2v) is 7.89. The lowest BCUT2D eigenvalue weighted by molar-refractivity contribution is -0.128. The van der Waals surface area contributed by atoms with Gasteiger partial charge < -0.3 is 10.1 Å². The second kappa shape index (κ2) is 8.67. The average molecular weight is 418 g/mol. The molecule has 1 unspecified atom stereocenters. The molecular formula is C20H20ClN3O3S. The molecule has 1 aliphatic rings. The van der Waals surface area contributed by atoms with Gasteiger partial charge in [-0.1, -0.05) is 29.4 Å². The fraction of sp³-hybridized carbons (Fsp3) is 0.250. The number of carbonyl (C=O) groups excluding carboxylic acids is 2. The Morgan fingerprint density at radius 2 is 2.00 bits per heavy atom. The van der Waals surface area contributed by atoms with Crippen LogP contribution in [0.15, 0.2) is 47.5 Å². The van der Waals surface area contributed by atoms with Gasteiger partial charge >= 0.3 is 0 Å². The molecule has 0 saturated carbocycles. The third-order valence-electron chi connectivity index (χ3n) is 4.30. The molecule has 0 aromatic heterocycles. The van der Waals surface area contributed by atoms with Crippen LogP contribution in [0.4, 0.5) is 11.4 Å². The quantitative estimate of drug-likeness (QED) is 0.807. The van der Waals surface area contributed by atoms with E-state index in [0.29, 0.717) is 21.6 Å². The van der Waals surface area contributed by atoms with E-state index in [0.717, 1.165) is 11.3 Å². The molecule has 0 spiro atoms. The number of hydrogen-bond donors (Lipinski definition) is 1. The van der Waals surface area contributed by atoms with Gasteiger partial charge in [0.1, 0.15) is 11.0 Å². The van der Waals surface area contributed by atoms with Crippen LogP contribution in [0.3, 0.4) is 0 Å². The summed E-state index contributed by atoms with van der Waals surface area (Å²) in [5.41, 5.74) is 2.20. The maximum atomic E-state index is 12.7. The number of aryl methyl sites for hydroxylation is 1. The molecule has 2 aromatic carbocycles. The molecule has 1 atom stereocenters. The van der Waals surface area contributed by atoms with Gasteiger partial charge in [-0.25, -0.2) is 4.99 Å². The van der Waals surface area contributed by atoms with E-state index in [9.17, 15) is 9.59 Å². The van der Waals surface area contributed by atoms with Crippen LogP contribution in [0.2, 0.25) is 5.02 Å². The Bertz CT molecular complexity index is 931. The predicted molar refractivity (Wildman–Crippen MR) is 114 cm³/mol. The van der Waals surface area contributed by atoms with E-state index in [4.69, 9.17) is 16.3 Å². The van der Waals surface area contributed by atoms with Gasteiger partial charge in [0.15, 0.2) is 5.17 Å². The van der Waals surface area contributed by atoms with Crippen LogP contribution < -0.4 is 10.1 Å². The van der Waals surface area contributed by atoms with Gasteiger partial charge in [-0.15, -0.1) is 0 Å². The zero-order chi connectivity index (χ0) is 20.3. The van der Waals surface area contributed by atoms with Crippen LogP contribution >= 0.6 is 23.4 Å². The van der Waals surface area contributed by atoms with E-state index in [1.165, 1.54) is 16.7 Å². The molecule has 1 fully saturated rings. The maximum absolute atomic E-state index is 12.7. The van der Waals surface area contributed by atoms with Crippen LogP contribution in [0.5, 0.6) is 5.75 Å². The van der Waals surface area contributed by atoms with Crippen LogP contribution in [-0.2, 0) is 9.59 Å². The molecule has 2 amide bonds. The fourth-order valence-corrected chi connectivity index (χ4v) is 3.80. The lowest BCUT2D eigenvalue weighted by Crippen LogP contribution is -2.43. The first-order valence-corrected chi connectivity index (χ1v) is 9.86. The van der Waals surface area contributed by atoms with Crippen molar-refractivity contribution in [3.05, 3.63) is 53.1 Å². The first-order valence-electron chi connectivity index (χ1n) is 8.60. The summed E-state index contributed by atoms with van der Waals surface area (Å²) < 4.78 is 5.14. The van der Waals surface area contributed by atoms with Gasteiger partial charge in [-0.3, -0.25) is 14.5 Å². The highest BCUT2D eigenvalue weighted by Gasteiger charge is 2.34. The minimum atomic E-state index is -0.569. The number of nitrogens with one attached hydrogen (secondary N) is 1. The van der Waals surface area contributed by atoms with Crippen molar-refractivity contribution >= 4 is 51.7 Å². The average Bonchev–Trinajstić information content (AvgIpc) is 2.68. The topological polar surface area (TPSA) is 71.0 Å². The Kier molecular flexibility index (Phi) is 6.26. The zero-order valence-corrected chi connectivity index (χ0v) is 17.3. The number of thioether (sulfide) groups is 1. The Hall–Kier alpha value is -2.51. The van der Waals surface area contributed by atoms with Crippen molar-refractivity contribution in [3.63, 3.8) is 0 Å². The number of carbonyl (C=O) groups is 2. The third-order valence-corrected chi connectivity index (χ3v) is 5.95. The van der Waals surface area contributed by atoms with Crippen molar-refractivity contribution in [2.45, 2.75) is 18.6 Å². The molecule has 1 saturated heterocycles. The Balaban J connectivity index is 1.76. The molecule has 0 radical (unpaired) electrons. The van der Waals surface area contributed by atoms with E-state index in [1.807, 2.05) is 13.0 Å². The number of methoxy groups -OCH3 is 1. The first-order chi connectivity index (χ1) is 13.4. The highest BCUT2D eigenvalue weighted by molar-refractivity contribution is 8.15. The standard InChI is InChI=1S/C20H20ClN3O3S/c1-12-4-5-14(10-16(12)21)22-19(26)17-11-18(25)24(2)20(28-17)23-13-6-8-15(27-3)9-7-13/h4-10,17H,11H2,1-3H3,(H,22,26). The van der Waals surface area contributed by atoms with Crippen molar-refractivity contribution in [3.8, 4) is 5.75 Å². The molecule has 2 aromatic rings. The number of amides is 2. The number of aliphatic imine (C=N–C) groups is 1. The highest BCUT2D eigenvalue weighted by Crippen LogP contribution is 2.30. The van der Waals surface area contributed by atoms with Crippen LogP contribution in [0.25, 0.3) is 0 Å². The van der Waals surface area contributed by atoms with Gasteiger partial charge in [0.2, 0.25) is 11.8 Å². The summed E-state index contributed by atoms with van der Waals surface area (Å²) in [6.07, 6.45) is 0.105. The summed E-state index contributed by atoms with van der Waals surface area (Å²) in [5, 5.41) is 3.31. The van der Waals surface area contributed by atoms with E-state index in [1.54, 1.807) is 50.6 Å². The number of hydrogen-bond acceptors (Lipinski definition) is 5. The fourth-order valence-electron chi connectivity index (χ4n) is 2.56. The lowest BCUT2D eigenvalue weighted by atomic mass is 10.2. The van der Waals surface area contributed by atoms with Crippen molar-refractivity contribution in [1.82, 2.24) is 4.90 Å². The summed E-state index contributed by atoms with van der Waals surface area (Å²) >= 11 is 7.38. The molecule has 6 nitrogen and oxygen atoms in total. The summed E-state index contributed by atoms with van der Waals surface area (Å²) in [5.74, 6) is 0.306. The number of nitrogens with zero attached hydrogens (tertiary/aromatic N) is 2. The van der Waals surface area contributed by atoms with Crippen LogP contribution in [0.1, 0.15) is 12.0 Å². The number of rotatable bonds is 4. The van der Waals surface area contributed by atoms with Gasteiger partial charge in [-0.2, -0.15) is 0 Å². The second-order valence-electron chi connectivity index (χ2n) is 6.31. The Morgan fingerprint density at radius 1 is 1.29 bits per heavy atom. The smallest absolute Gasteiger partial charge is 0.238 e. The van der Waals surface area contributed by atoms with Crippen LogP contribution in [-0.4, -0.2) is 41.3 Å². The predicted octanol–water partition coefficient (Wildman–Crippen LogP) is 4.25. The van der Waals surface area contributed by atoms with Crippen LogP contribution in [0, 0.1) is 6.92 Å². The first kappa shape index (κ1) is 20.2. The lowest BCUT2D eigenvalue weighted by Gasteiger charge is -2.28. The molecule has 1 heterocycles. The van der Waals surface area contributed by atoms with Gasteiger partial charge in [0.05, 0.1) is 12.8 Å². The SMILES string of the molecule is COc1ccc(N=C2SC(C(=O)Nc3ccc(C)c(Cl)c3)CC(=O)N2C)cc1. The molecule has 1 N–H and O–H groups in total. The van der Waals surface area contributed by atoms with Gasteiger partial charge in [-0.05, 0) is 48.9 Å². The Morgan fingerprint density at radius 3 is 2.64 bits per heavy atom. The van der Waals surface area contributed by atoms with Crippen molar-refractivity contribution in [2.24, 2.45) is 4.99 Å². The summed E-state index contributed by atoms with van der Waals surface area (Å²) in [4.78, 5) is 31.0. The minimum Gasteiger partial charge on any atom is -0.497 e. The summed E-state index contributed by atoms with van der Waals surface area (Å²) in [6, 6.07) is 12.5.